The quantitative estimate of drug-likeness (QED) is 0.850. The van der Waals surface area contributed by atoms with Crippen molar-refractivity contribution in [2.75, 3.05) is 0 Å². The van der Waals surface area contributed by atoms with Gasteiger partial charge in [0.05, 0.1) is 6.20 Å². The maximum Gasteiger partial charge on any atom is 0.0537 e. The van der Waals surface area contributed by atoms with Gasteiger partial charge in [0.2, 0.25) is 0 Å². The number of aryl methyl sites for hydroxylation is 1. The number of hydrogen-bond acceptors (Lipinski definition) is 2. The predicted molar refractivity (Wildman–Crippen MR) is 68.4 cm³/mol. The molecule has 92 valence electrons. The largest absolute Gasteiger partial charge is 0.307 e. The van der Waals surface area contributed by atoms with Crippen molar-refractivity contribution in [3.05, 3.63) is 18.0 Å². The fourth-order valence-corrected chi connectivity index (χ4v) is 1.50. The standard InChI is InChI=1S/C13H25N3/c1-7-16-9-12(8-14-16)10(2)15-11(3)13(4,5)6/h8-11,15H,7H2,1-6H3. The lowest BCUT2D eigenvalue weighted by molar-refractivity contribution is 0.268. The second-order valence-electron chi connectivity index (χ2n) is 5.61. The topological polar surface area (TPSA) is 29.9 Å². The Kier molecular flexibility index (Phi) is 4.14. The van der Waals surface area contributed by atoms with E-state index in [4.69, 9.17) is 0 Å². The summed E-state index contributed by atoms with van der Waals surface area (Å²) in [6.07, 6.45) is 4.07. The van der Waals surface area contributed by atoms with Gasteiger partial charge in [-0.25, -0.2) is 0 Å². The summed E-state index contributed by atoms with van der Waals surface area (Å²) >= 11 is 0. The van der Waals surface area contributed by atoms with E-state index in [0.29, 0.717) is 12.1 Å². The predicted octanol–water partition coefficient (Wildman–Crippen LogP) is 2.99. The van der Waals surface area contributed by atoms with Gasteiger partial charge in [-0.1, -0.05) is 20.8 Å². The highest BCUT2D eigenvalue weighted by molar-refractivity contribution is 5.09. The van der Waals surface area contributed by atoms with Crippen molar-refractivity contribution in [2.45, 2.75) is 60.2 Å². The van der Waals surface area contributed by atoms with Crippen molar-refractivity contribution in [3.8, 4) is 0 Å². The summed E-state index contributed by atoms with van der Waals surface area (Å²) in [4.78, 5) is 0. The monoisotopic (exact) mass is 223 g/mol. The molecule has 0 saturated carbocycles. The molecule has 1 rings (SSSR count). The molecule has 1 aromatic rings. The van der Waals surface area contributed by atoms with Crippen LogP contribution in [0, 0.1) is 5.41 Å². The van der Waals surface area contributed by atoms with E-state index in [9.17, 15) is 0 Å². The van der Waals surface area contributed by atoms with E-state index in [-0.39, 0.29) is 5.41 Å². The molecule has 1 aromatic heterocycles. The van der Waals surface area contributed by atoms with Crippen molar-refractivity contribution in [1.82, 2.24) is 15.1 Å². The van der Waals surface area contributed by atoms with Crippen LogP contribution in [0.4, 0.5) is 0 Å². The number of nitrogens with zero attached hydrogens (tertiary/aromatic N) is 2. The molecule has 3 nitrogen and oxygen atoms in total. The summed E-state index contributed by atoms with van der Waals surface area (Å²) in [6, 6.07) is 0.835. The maximum atomic E-state index is 4.30. The third-order valence-electron chi connectivity index (χ3n) is 3.28. The molecule has 16 heavy (non-hydrogen) atoms. The molecule has 1 heterocycles. The number of aromatic nitrogens is 2. The Labute approximate surface area is 99.2 Å². The second-order valence-corrected chi connectivity index (χ2v) is 5.61. The van der Waals surface area contributed by atoms with Crippen LogP contribution in [0.25, 0.3) is 0 Å². The van der Waals surface area contributed by atoms with Crippen LogP contribution in [0.5, 0.6) is 0 Å². The van der Waals surface area contributed by atoms with E-state index >= 15 is 0 Å². The van der Waals surface area contributed by atoms with Gasteiger partial charge in [0, 0.05) is 30.4 Å². The number of nitrogens with one attached hydrogen (secondary N) is 1. The molecule has 0 aliphatic heterocycles. The second kappa shape index (κ2) is 5.00. The summed E-state index contributed by atoms with van der Waals surface area (Å²) in [7, 11) is 0. The van der Waals surface area contributed by atoms with Crippen LogP contribution >= 0.6 is 0 Å². The molecule has 0 amide bonds. The lowest BCUT2D eigenvalue weighted by Gasteiger charge is -2.30. The van der Waals surface area contributed by atoms with Crippen molar-refractivity contribution in [3.63, 3.8) is 0 Å². The first kappa shape index (κ1) is 13.2. The van der Waals surface area contributed by atoms with E-state index in [0.717, 1.165) is 6.54 Å². The third kappa shape index (κ3) is 3.34. The van der Waals surface area contributed by atoms with Crippen molar-refractivity contribution in [2.24, 2.45) is 5.41 Å². The van der Waals surface area contributed by atoms with Crippen LogP contribution in [-0.2, 0) is 6.54 Å². The van der Waals surface area contributed by atoms with Gasteiger partial charge in [0.1, 0.15) is 0 Å². The van der Waals surface area contributed by atoms with Crippen LogP contribution in [0.3, 0.4) is 0 Å². The van der Waals surface area contributed by atoms with Crippen molar-refractivity contribution in [1.29, 1.82) is 0 Å². The smallest absolute Gasteiger partial charge is 0.0537 e. The van der Waals surface area contributed by atoms with Crippen LogP contribution in [-0.4, -0.2) is 15.8 Å². The zero-order valence-electron chi connectivity index (χ0n) is 11.4. The summed E-state index contributed by atoms with van der Waals surface area (Å²) in [5.74, 6) is 0. The molecule has 0 aromatic carbocycles. The van der Waals surface area contributed by atoms with Gasteiger partial charge in [-0.05, 0) is 26.2 Å². The highest BCUT2D eigenvalue weighted by Gasteiger charge is 2.22. The molecule has 3 heteroatoms. The van der Waals surface area contributed by atoms with Gasteiger partial charge in [0.25, 0.3) is 0 Å². The first-order chi connectivity index (χ1) is 7.34. The first-order valence-electron chi connectivity index (χ1n) is 6.13. The summed E-state index contributed by atoms with van der Waals surface area (Å²) in [6.45, 7) is 14.2. The molecule has 0 aliphatic rings. The highest BCUT2D eigenvalue weighted by atomic mass is 15.3. The molecule has 0 aliphatic carbocycles. The minimum absolute atomic E-state index is 0.287. The van der Waals surface area contributed by atoms with E-state index < -0.39 is 0 Å². The Hall–Kier alpha value is -0.830. The maximum absolute atomic E-state index is 4.30. The molecular formula is C13H25N3. The summed E-state index contributed by atoms with van der Waals surface area (Å²) < 4.78 is 1.97. The molecular weight excluding hydrogens is 198 g/mol. The molecule has 1 N–H and O–H groups in total. The van der Waals surface area contributed by atoms with Gasteiger partial charge >= 0.3 is 0 Å². The Bertz CT molecular complexity index is 322. The minimum atomic E-state index is 0.287. The SMILES string of the molecule is CCn1cc(C(C)NC(C)C(C)(C)C)cn1. The molecule has 0 fully saturated rings. The van der Waals surface area contributed by atoms with Crippen LogP contribution in [0.2, 0.25) is 0 Å². The van der Waals surface area contributed by atoms with E-state index in [1.807, 2.05) is 10.9 Å². The number of rotatable bonds is 4. The average Bonchev–Trinajstić information content (AvgIpc) is 2.64. The Morgan fingerprint density at radius 1 is 1.38 bits per heavy atom. The van der Waals surface area contributed by atoms with Gasteiger partial charge in [-0.2, -0.15) is 5.10 Å². The van der Waals surface area contributed by atoms with Crippen molar-refractivity contribution >= 4 is 0 Å². The van der Waals surface area contributed by atoms with E-state index in [2.05, 4.69) is 58.2 Å². The molecule has 0 radical (unpaired) electrons. The van der Waals surface area contributed by atoms with Crippen LogP contribution in [0.1, 0.15) is 53.1 Å². The van der Waals surface area contributed by atoms with Crippen molar-refractivity contribution < 1.29 is 0 Å². The van der Waals surface area contributed by atoms with Gasteiger partial charge in [-0.3, -0.25) is 4.68 Å². The van der Waals surface area contributed by atoms with Crippen LogP contribution < -0.4 is 5.32 Å². The summed E-state index contributed by atoms with van der Waals surface area (Å²) in [5, 5.41) is 7.92. The Morgan fingerprint density at radius 3 is 2.44 bits per heavy atom. The Morgan fingerprint density at radius 2 is 2.00 bits per heavy atom. The molecule has 0 spiro atoms. The molecule has 0 saturated heterocycles. The Balaban J connectivity index is 2.61. The molecule has 2 atom stereocenters. The fraction of sp³-hybridized carbons (Fsp3) is 0.769. The fourth-order valence-electron chi connectivity index (χ4n) is 1.50. The van der Waals surface area contributed by atoms with Gasteiger partial charge < -0.3 is 5.32 Å². The zero-order valence-corrected chi connectivity index (χ0v) is 11.4. The molecule has 0 bridgehead atoms. The zero-order chi connectivity index (χ0) is 12.3. The first-order valence-corrected chi connectivity index (χ1v) is 6.13. The van der Waals surface area contributed by atoms with Gasteiger partial charge in [-0.15, -0.1) is 0 Å². The van der Waals surface area contributed by atoms with Gasteiger partial charge in [0.15, 0.2) is 0 Å². The minimum Gasteiger partial charge on any atom is -0.307 e. The lowest BCUT2D eigenvalue weighted by atomic mass is 9.87. The normalized spacial score (nSPS) is 16.1. The lowest BCUT2D eigenvalue weighted by Crippen LogP contribution is -2.39. The number of hydrogen-bond donors (Lipinski definition) is 1. The third-order valence-corrected chi connectivity index (χ3v) is 3.28. The highest BCUT2D eigenvalue weighted by Crippen LogP contribution is 2.22. The molecule has 2 unspecified atom stereocenters. The average molecular weight is 223 g/mol. The van der Waals surface area contributed by atoms with Crippen LogP contribution in [0.15, 0.2) is 12.4 Å². The van der Waals surface area contributed by atoms with E-state index in [1.54, 1.807) is 0 Å². The van der Waals surface area contributed by atoms with E-state index in [1.165, 1.54) is 5.56 Å². The summed E-state index contributed by atoms with van der Waals surface area (Å²) in [5.41, 5.74) is 1.55.